The van der Waals surface area contributed by atoms with Crippen molar-refractivity contribution in [1.29, 1.82) is 0 Å². The van der Waals surface area contributed by atoms with Gasteiger partial charge in [0.05, 0.1) is 11.8 Å². The SMILES string of the molecule is Cc1cnnc(N2CCC(C(C)(C)O)CC2)c1C. The van der Waals surface area contributed by atoms with Gasteiger partial charge in [0, 0.05) is 13.1 Å². The van der Waals surface area contributed by atoms with Crippen LogP contribution in [-0.4, -0.2) is 34.0 Å². The summed E-state index contributed by atoms with van der Waals surface area (Å²) in [5.41, 5.74) is 1.83. The average Bonchev–Trinajstić information content (AvgIpc) is 2.32. The van der Waals surface area contributed by atoms with Crippen LogP contribution in [0.4, 0.5) is 5.82 Å². The molecule has 0 unspecified atom stereocenters. The summed E-state index contributed by atoms with van der Waals surface area (Å²) in [7, 11) is 0. The smallest absolute Gasteiger partial charge is 0.154 e. The molecule has 1 aromatic rings. The first-order valence-electron chi connectivity index (χ1n) is 6.66. The molecule has 0 aliphatic carbocycles. The van der Waals surface area contributed by atoms with E-state index in [9.17, 15) is 5.11 Å². The number of anilines is 1. The molecular formula is C14H23N3O. The largest absolute Gasteiger partial charge is 0.390 e. The van der Waals surface area contributed by atoms with Crippen LogP contribution in [0.3, 0.4) is 0 Å². The van der Waals surface area contributed by atoms with E-state index in [1.54, 1.807) is 0 Å². The van der Waals surface area contributed by atoms with Gasteiger partial charge >= 0.3 is 0 Å². The number of aryl methyl sites for hydroxylation is 1. The van der Waals surface area contributed by atoms with E-state index in [1.807, 2.05) is 20.0 Å². The topological polar surface area (TPSA) is 49.2 Å². The fourth-order valence-corrected chi connectivity index (χ4v) is 2.62. The van der Waals surface area contributed by atoms with Crippen molar-refractivity contribution >= 4 is 5.82 Å². The van der Waals surface area contributed by atoms with Crippen LogP contribution in [0.1, 0.15) is 37.8 Å². The minimum absolute atomic E-state index is 0.381. The van der Waals surface area contributed by atoms with Crippen LogP contribution in [0.25, 0.3) is 0 Å². The van der Waals surface area contributed by atoms with E-state index in [4.69, 9.17) is 0 Å². The molecule has 1 aromatic heterocycles. The fourth-order valence-electron chi connectivity index (χ4n) is 2.62. The summed E-state index contributed by atoms with van der Waals surface area (Å²) >= 11 is 0. The molecule has 0 amide bonds. The molecule has 1 N–H and O–H groups in total. The van der Waals surface area contributed by atoms with Gasteiger partial charge in [-0.2, -0.15) is 5.10 Å². The molecule has 4 heteroatoms. The van der Waals surface area contributed by atoms with Gasteiger partial charge in [-0.25, -0.2) is 0 Å². The maximum atomic E-state index is 10.1. The lowest BCUT2D eigenvalue weighted by molar-refractivity contribution is 0.00644. The molecule has 1 fully saturated rings. The molecule has 0 saturated carbocycles. The van der Waals surface area contributed by atoms with Crippen LogP contribution in [0.15, 0.2) is 6.20 Å². The second-order valence-corrected chi connectivity index (χ2v) is 5.89. The summed E-state index contributed by atoms with van der Waals surface area (Å²) in [6.07, 6.45) is 3.83. The minimum atomic E-state index is -0.570. The molecule has 2 rings (SSSR count). The molecule has 18 heavy (non-hydrogen) atoms. The minimum Gasteiger partial charge on any atom is -0.390 e. The van der Waals surface area contributed by atoms with Crippen molar-refractivity contribution in [1.82, 2.24) is 10.2 Å². The Morgan fingerprint density at radius 1 is 1.28 bits per heavy atom. The average molecular weight is 249 g/mol. The summed E-state index contributed by atoms with van der Waals surface area (Å²) in [6, 6.07) is 0. The normalized spacial score (nSPS) is 18.2. The zero-order valence-corrected chi connectivity index (χ0v) is 11.8. The molecule has 0 atom stereocenters. The predicted octanol–water partition coefficient (Wildman–Crippen LogP) is 2.08. The Hall–Kier alpha value is -1.16. The van der Waals surface area contributed by atoms with Crippen LogP contribution < -0.4 is 4.90 Å². The number of hydrogen-bond acceptors (Lipinski definition) is 4. The highest BCUT2D eigenvalue weighted by Gasteiger charge is 2.31. The van der Waals surface area contributed by atoms with E-state index < -0.39 is 5.60 Å². The van der Waals surface area contributed by atoms with Gasteiger partial charge in [-0.3, -0.25) is 0 Å². The van der Waals surface area contributed by atoms with Gasteiger partial charge in [0.15, 0.2) is 5.82 Å². The van der Waals surface area contributed by atoms with Crippen LogP contribution in [-0.2, 0) is 0 Å². The number of piperidine rings is 1. The van der Waals surface area contributed by atoms with E-state index in [0.717, 1.165) is 31.7 Å². The Kier molecular flexibility index (Phi) is 3.57. The lowest BCUT2D eigenvalue weighted by atomic mass is 9.83. The number of aliphatic hydroxyl groups is 1. The maximum Gasteiger partial charge on any atom is 0.154 e. The predicted molar refractivity (Wildman–Crippen MR) is 72.7 cm³/mol. The lowest BCUT2D eigenvalue weighted by Gasteiger charge is -2.38. The van der Waals surface area contributed by atoms with Gasteiger partial charge < -0.3 is 10.0 Å². The maximum absolute atomic E-state index is 10.1. The molecule has 0 aromatic carbocycles. The van der Waals surface area contributed by atoms with Gasteiger partial charge in [0.1, 0.15) is 0 Å². The molecule has 1 saturated heterocycles. The van der Waals surface area contributed by atoms with E-state index >= 15 is 0 Å². The second-order valence-electron chi connectivity index (χ2n) is 5.89. The zero-order valence-electron chi connectivity index (χ0n) is 11.8. The van der Waals surface area contributed by atoms with Crippen molar-refractivity contribution in [2.45, 2.75) is 46.1 Å². The third kappa shape index (κ3) is 2.64. The standard InChI is InChI=1S/C14H23N3O/c1-10-9-15-16-13(11(10)2)17-7-5-12(6-8-17)14(3,4)18/h9,12,18H,5-8H2,1-4H3. The summed E-state index contributed by atoms with van der Waals surface area (Å²) in [5, 5.41) is 18.4. The number of nitrogens with zero attached hydrogens (tertiary/aromatic N) is 3. The second kappa shape index (κ2) is 4.84. The molecule has 4 nitrogen and oxygen atoms in total. The number of aromatic nitrogens is 2. The van der Waals surface area contributed by atoms with Crippen molar-refractivity contribution in [3.05, 3.63) is 17.3 Å². The Morgan fingerprint density at radius 3 is 2.44 bits per heavy atom. The zero-order chi connectivity index (χ0) is 13.3. The third-order valence-corrected chi connectivity index (χ3v) is 4.12. The number of hydrogen-bond donors (Lipinski definition) is 1. The van der Waals surface area contributed by atoms with Crippen molar-refractivity contribution in [2.75, 3.05) is 18.0 Å². The van der Waals surface area contributed by atoms with Gasteiger partial charge in [0.2, 0.25) is 0 Å². The van der Waals surface area contributed by atoms with Gasteiger partial charge in [-0.05, 0) is 57.6 Å². The molecule has 0 bridgehead atoms. The van der Waals surface area contributed by atoms with Gasteiger partial charge in [-0.1, -0.05) is 0 Å². The summed E-state index contributed by atoms with van der Waals surface area (Å²) in [5.74, 6) is 1.39. The van der Waals surface area contributed by atoms with Gasteiger partial charge in [0.25, 0.3) is 0 Å². The Bertz CT molecular complexity index is 418. The molecule has 0 radical (unpaired) electrons. The molecule has 2 heterocycles. The first-order valence-corrected chi connectivity index (χ1v) is 6.66. The first kappa shape index (κ1) is 13.3. The quantitative estimate of drug-likeness (QED) is 0.872. The molecule has 100 valence electrons. The van der Waals surface area contributed by atoms with Crippen molar-refractivity contribution < 1.29 is 5.11 Å². The Balaban J connectivity index is 2.08. The van der Waals surface area contributed by atoms with E-state index in [0.29, 0.717) is 5.92 Å². The lowest BCUT2D eigenvalue weighted by Crippen LogP contribution is -2.42. The Labute approximate surface area is 109 Å². The van der Waals surface area contributed by atoms with Crippen LogP contribution in [0.2, 0.25) is 0 Å². The first-order chi connectivity index (χ1) is 8.39. The molecule has 0 spiro atoms. The summed E-state index contributed by atoms with van der Waals surface area (Å²) in [6.45, 7) is 9.88. The van der Waals surface area contributed by atoms with E-state index in [2.05, 4.69) is 28.9 Å². The van der Waals surface area contributed by atoms with Crippen molar-refractivity contribution in [3.63, 3.8) is 0 Å². The fraction of sp³-hybridized carbons (Fsp3) is 0.714. The molecular weight excluding hydrogens is 226 g/mol. The van der Waals surface area contributed by atoms with Crippen molar-refractivity contribution in [3.8, 4) is 0 Å². The Morgan fingerprint density at radius 2 is 1.89 bits per heavy atom. The highest BCUT2D eigenvalue weighted by Crippen LogP contribution is 2.30. The van der Waals surface area contributed by atoms with Gasteiger partial charge in [-0.15, -0.1) is 5.10 Å². The van der Waals surface area contributed by atoms with E-state index in [1.165, 1.54) is 11.1 Å². The monoisotopic (exact) mass is 249 g/mol. The highest BCUT2D eigenvalue weighted by atomic mass is 16.3. The number of rotatable bonds is 2. The van der Waals surface area contributed by atoms with Crippen molar-refractivity contribution in [2.24, 2.45) is 5.92 Å². The van der Waals surface area contributed by atoms with Crippen LogP contribution >= 0.6 is 0 Å². The van der Waals surface area contributed by atoms with Crippen LogP contribution in [0, 0.1) is 19.8 Å². The highest BCUT2D eigenvalue weighted by molar-refractivity contribution is 5.48. The molecule has 1 aliphatic heterocycles. The summed E-state index contributed by atoms with van der Waals surface area (Å²) < 4.78 is 0. The molecule has 1 aliphatic rings. The van der Waals surface area contributed by atoms with Crippen LogP contribution in [0.5, 0.6) is 0 Å². The third-order valence-electron chi connectivity index (χ3n) is 4.12. The summed E-state index contributed by atoms with van der Waals surface area (Å²) in [4.78, 5) is 2.29. The van der Waals surface area contributed by atoms with E-state index in [-0.39, 0.29) is 0 Å².